The van der Waals surface area contributed by atoms with Crippen molar-refractivity contribution in [2.24, 2.45) is 0 Å². The summed E-state index contributed by atoms with van der Waals surface area (Å²) >= 11 is 0. The van der Waals surface area contributed by atoms with E-state index in [1.54, 1.807) is 6.20 Å². The molecule has 1 N–H and O–H groups in total. The fourth-order valence-electron chi connectivity index (χ4n) is 3.51. The van der Waals surface area contributed by atoms with Gasteiger partial charge in [0.1, 0.15) is 5.82 Å². The summed E-state index contributed by atoms with van der Waals surface area (Å²) in [7, 11) is 0. The molecule has 0 unspecified atom stereocenters. The molecule has 6 nitrogen and oxygen atoms in total. The first-order chi connectivity index (χ1) is 12.8. The number of pyridine rings is 1. The van der Waals surface area contributed by atoms with E-state index in [9.17, 15) is 0 Å². The Labute approximate surface area is 153 Å². The van der Waals surface area contributed by atoms with E-state index in [0.717, 1.165) is 30.0 Å². The summed E-state index contributed by atoms with van der Waals surface area (Å²) in [5, 5.41) is 11.9. The first-order valence-electron chi connectivity index (χ1n) is 9.17. The number of hydrogen-bond acceptors (Lipinski definition) is 6. The third kappa shape index (κ3) is 3.46. The summed E-state index contributed by atoms with van der Waals surface area (Å²) in [5.74, 6) is 1.79. The number of anilines is 1. The molecule has 6 heteroatoms. The summed E-state index contributed by atoms with van der Waals surface area (Å²) in [6.45, 7) is 5.36. The van der Waals surface area contributed by atoms with E-state index >= 15 is 0 Å². The summed E-state index contributed by atoms with van der Waals surface area (Å²) in [6.07, 6.45) is 4.27. The third-order valence-electron chi connectivity index (χ3n) is 4.89. The fourth-order valence-corrected chi connectivity index (χ4v) is 3.51. The predicted molar refractivity (Wildman–Crippen MR) is 102 cm³/mol. The molecular formula is C20H23N5O. The summed E-state index contributed by atoms with van der Waals surface area (Å²) in [6, 6.07) is 14.2. The Morgan fingerprint density at radius 3 is 2.81 bits per heavy atom. The molecule has 1 aliphatic heterocycles. The first-order valence-corrected chi connectivity index (χ1v) is 9.17. The highest BCUT2D eigenvalue weighted by Crippen LogP contribution is 2.28. The first kappa shape index (κ1) is 16.7. The topological polar surface area (TPSA) is 67.1 Å². The second kappa shape index (κ2) is 7.66. The van der Waals surface area contributed by atoms with Crippen LogP contribution in [0.2, 0.25) is 0 Å². The van der Waals surface area contributed by atoms with Crippen LogP contribution in [0.5, 0.6) is 0 Å². The van der Waals surface area contributed by atoms with Crippen molar-refractivity contribution < 1.29 is 4.42 Å². The van der Waals surface area contributed by atoms with Crippen molar-refractivity contribution in [2.75, 3.05) is 25.0 Å². The van der Waals surface area contributed by atoms with Crippen LogP contribution in [0.25, 0.3) is 22.9 Å². The van der Waals surface area contributed by atoms with Crippen molar-refractivity contribution in [3.05, 3.63) is 48.7 Å². The van der Waals surface area contributed by atoms with E-state index in [2.05, 4.69) is 32.3 Å². The summed E-state index contributed by atoms with van der Waals surface area (Å²) in [4.78, 5) is 7.00. The molecule has 1 atom stereocenters. The molecule has 0 spiro atoms. The molecule has 1 saturated heterocycles. The maximum absolute atomic E-state index is 5.90. The van der Waals surface area contributed by atoms with Crippen LogP contribution < -0.4 is 5.32 Å². The van der Waals surface area contributed by atoms with Crippen LogP contribution in [0.15, 0.2) is 53.1 Å². The molecule has 1 aliphatic rings. The number of rotatable bonds is 6. The molecule has 1 aromatic carbocycles. The van der Waals surface area contributed by atoms with E-state index in [-0.39, 0.29) is 0 Å². The average Bonchev–Trinajstić information content (AvgIpc) is 3.36. The van der Waals surface area contributed by atoms with E-state index in [4.69, 9.17) is 4.42 Å². The zero-order valence-electron chi connectivity index (χ0n) is 14.9. The Morgan fingerprint density at radius 2 is 1.96 bits per heavy atom. The van der Waals surface area contributed by atoms with Crippen molar-refractivity contribution in [3.63, 3.8) is 0 Å². The van der Waals surface area contributed by atoms with Crippen molar-refractivity contribution in [1.82, 2.24) is 20.1 Å². The van der Waals surface area contributed by atoms with Gasteiger partial charge in [0.2, 0.25) is 5.89 Å². The zero-order chi connectivity index (χ0) is 17.8. The van der Waals surface area contributed by atoms with Gasteiger partial charge in [-0.2, -0.15) is 0 Å². The lowest BCUT2D eigenvalue weighted by Crippen LogP contribution is -2.34. The number of nitrogens with one attached hydrogen (secondary N) is 1. The molecule has 4 rings (SSSR count). The van der Waals surface area contributed by atoms with Crippen LogP contribution >= 0.6 is 0 Å². The van der Waals surface area contributed by atoms with Crippen molar-refractivity contribution in [1.29, 1.82) is 0 Å². The van der Waals surface area contributed by atoms with Gasteiger partial charge in [-0.25, -0.2) is 4.98 Å². The highest BCUT2D eigenvalue weighted by atomic mass is 16.4. The van der Waals surface area contributed by atoms with Gasteiger partial charge in [0, 0.05) is 24.3 Å². The van der Waals surface area contributed by atoms with Gasteiger partial charge in [-0.15, -0.1) is 10.2 Å². The summed E-state index contributed by atoms with van der Waals surface area (Å²) < 4.78 is 5.90. The minimum absolute atomic E-state index is 0.484. The molecule has 0 saturated carbocycles. The number of nitrogens with zero attached hydrogens (tertiary/aromatic N) is 4. The lowest BCUT2D eigenvalue weighted by atomic mass is 10.2. The van der Waals surface area contributed by atoms with Crippen LogP contribution in [-0.4, -0.2) is 45.8 Å². The Hall–Kier alpha value is -2.73. The van der Waals surface area contributed by atoms with Gasteiger partial charge in [0.05, 0.1) is 5.56 Å². The van der Waals surface area contributed by atoms with Crippen LogP contribution in [-0.2, 0) is 0 Å². The van der Waals surface area contributed by atoms with Crippen LogP contribution in [0.4, 0.5) is 5.82 Å². The van der Waals surface area contributed by atoms with E-state index in [1.165, 1.54) is 19.4 Å². The molecular weight excluding hydrogens is 326 g/mol. The van der Waals surface area contributed by atoms with Gasteiger partial charge >= 0.3 is 0 Å². The summed E-state index contributed by atoms with van der Waals surface area (Å²) in [5.41, 5.74) is 1.75. The van der Waals surface area contributed by atoms with Gasteiger partial charge in [0.15, 0.2) is 0 Å². The maximum Gasteiger partial charge on any atom is 0.251 e. The molecule has 1 fully saturated rings. The molecule has 134 valence electrons. The third-order valence-corrected chi connectivity index (χ3v) is 4.89. The molecule has 0 bridgehead atoms. The van der Waals surface area contributed by atoms with E-state index in [1.807, 2.05) is 42.5 Å². The van der Waals surface area contributed by atoms with Crippen LogP contribution in [0.1, 0.15) is 19.8 Å². The molecule has 0 amide bonds. The SMILES string of the molecule is CCN1CCC[C@@H]1CNc1ncccc1-c1nnc(-c2ccccc2)o1. The Balaban J connectivity index is 1.54. The Bertz CT molecular complexity index is 848. The highest BCUT2D eigenvalue weighted by molar-refractivity contribution is 5.69. The van der Waals surface area contributed by atoms with E-state index < -0.39 is 0 Å². The van der Waals surface area contributed by atoms with E-state index in [0.29, 0.717) is 17.8 Å². The second-order valence-electron chi connectivity index (χ2n) is 6.48. The average molecular weight is 349 g/mol. The molecule has 3 heterocycles. The van der Waals surface area contributed by atoms with Gasteiger partial charge in [-0.3, -0.25) is 4.90 Å². The maximum atomic E-state index is 5.90. The number of hydrogen-bond donors (Lipinski definition) is 1. The smallest absolute Gasteiger partial charge is 0.251 e. The van der Waals surface area contributed by atoms with Gasteiger partial charge in [0.25, 0.3) is 5.89 Å². The second-order valence-corrected chi connectivity index (χ2v) is 6.48. The highest BCUT2D eigenvalue weighted by Gasteiger charge is 2.23. The predicted octanol–water partition coefficient (Wildman–Crippen LogP) is 3.69. The fraction of sp³-hybridized carbons (Fsp3) is 0.350. The van der Waals surface area contributed by atoms with Crippen LogP contribution in [0, 0.1) is 0 Å². The lowest BCUT2D eigenvalue weighted by Gasteiger charge is -2.23. The molecule has 0 aliphatic carbocycles. The molecule has 26 heavy (non-hydrogen) atoms. The van der Waals surface area contributed by atoms with Crippen molar-refractivity contribution in [2.45, 2.75) is 25.8 Å². The van der Waals surface area contributed by atoms with Gasteiger partial charge in [-0.1, -0.05) is 25.1 Å². The van der Waals surface area contributed by atoms with Crippen molar-refractivity contribution >= 4 is 5.82 Å². The van der Waals surface area contributed by atoms with Crippen LogP contribution in [0.3, 0.4) is 0 Å². The molecule has 3 aromatic rings. The molecule has 0 radical (unpaired) electrons. The number of aromatic nitrogens is 3. The standard InChI is InChI=1S/C20H23N5O/c1-2-25-13-7-10-16(25)14-22-18-17(11-6-12-21-18)20-24-23-19(26-20)15-8-4-3-5-9-15/h3-6,8-9,11-12,16H,2,7,10,13-14H2,1H3,(H,21,22)/t16-/m1/s1. The Morgan fingerprint density at radius 1 is 1.12 bits per heavy atom. The number of benzene rings is 1. The monoisotopic (exact) mass is 349 g/mol. The van der Waals surface area contributed by atoms with Crippen molar-refractivity contribution in [3.8, 4) is 22.9 Å². The van der Waals surface area contributed by atoms with Gasteiger partial charge < -0.3 is 9.73 Å². The largest absolute Gasteiger partial charge is 0.416 e. The minimum Gasteiger partial charge on any atom is -0.416 e. The minimum atomic E-state index is 0.484. The zero-order valence-corrected chi connectivity index (χ0v) is 14.9. The Kier molecular flexibility index (Phi) is 4.93. The lowest BCUT2D eigenvalue weighted by molar-refractivity contribution is 0.277. The number of likely N-dealkylation sites (N-methyl/N-ethyl adjacent to an activating group) is 1. The molecule has 2 aromatic heterocycles. The normalized spacial score (nSPS) is 17.5. The quantitative estimate of drug-likeness (QED) is 0.732. The van der Waals surface area contributed by atoms with Gasteiger partial charge in [-0.05, 0) is 50.2 Å². The number of likely N-dealkylation sites (tertiary alicyclic amines) is 1.